The van der Waals surface area contributed by atoms with Gasteiger partial charge in [0.2, 0.25) is 0 Å². The Kier molecular flexibility index (Phi) is 4.79. The maximum absolute atomic E-state index is 11.8. The highest BCUT2D eigenvalue weighted by molar-refractivity contribution is 5.95. The van der Waals surface area contributed by atoms with Crippen molar-refractivity contribution in [1.29, 1.82) is 0 Å². The molecule has 0 saturated heterocycles. The van der Waals surface area contributed by atoms with Gasteiger partial charge in [0.15, 0.2) is 5.75 Å². The maximum Gasteiger partial charge on any atom is 0.251 e. The summed E-state index contributed by atoms with van der Waals surface area (Å²) in [5.74, 6) is 0.848. The van der Waals surface area contributed by atoms with E-state index in [1.807, 2.05) is 6.92 Å². The van der Waals surface area contributed by atoms with E-state index in [0.29, 0.717) is 29.3 Å². The lowest BCUT2D eigenvalue weighted by molar-refractivity contribution is 0.0955. The van der Waals surface area contributed by atoms with Crippen LogP contribution < -0.4 is 15.8 Å². The van der Waals surface area contributed by atoms with Crippen LogP contribution in [0.4, 0.5) is 5.69 Å². The van der Waals surface area contributed by atoms with Crippen molar-refractivity contribution in [3.8, 4) is 11.5 Å². The molecular weight excluding hydrogens is 268 g/mol. The number of rotatable bonds is 5. The zero-order valence-corrected chi connectivity index (χ0v) is 11.8. The van der Waals surface area contributed by atoms with Gasteiger partial charge in [-0.05, 0) is 42.8 Å². The van der Waals surface area contributed by atoms with E-state index in [4.69, 9.17) is 15.6 Å². The lowest BCUT2D eigenvalue weighted by Crippen LogP contribution is -2.22. The van der Waals surface area contributed by atoms with Crippen LogP contribution in [0.15, 0.2) is 42.5 Å². The molecule has 1 amide bonds. The summed E-state index contributed by atoms with van der Waals surface area (Å²) < 4.78 is 5.69. The summed E-state index contributed by atoms with van der Waals surface area (Å²) in [7, 11) is 0. The normalized spacial score (nSPS) is 10.2. The van der Waals surface area contributed by atoms with E-state index in [1.165, 1.54) is 0 Å². The number of benzene rings is 2. The monoisotopic (exact) mass is 286 g/mol. The van der Waals surface area contributed by atoms with E-state index in [9.17, 15) is 4.79 Å². The summed E-state index contributed by atoms with van der Waals surface area (Å²) in [6.45, 7) is 2.40. The van der Waals surface area contributed by atoms with Crippen molar-refractivity contribution in [3.63, 3.8) is 0 Å². The standard InChI is InChI=1S/C16H18N2O3/c1-2-18-16(20)12-5-8-14(17)15(9-12)21-13-6-3-11(10-19)4-7-13/h3-9,19H,2,10,17H2,1H3,(H,18,20). The van der Waals surface area contributed by atoms with Crippen molar-refractivity contribution in [2.45, 2.75) is 13.5 Å². The predicted molar refractivity (Wildman–Crippen MR) is 81.3 cm³/mol. The highest BCUT2D eigenvalue weighted by Crippen LogP contribution is 2.28. The van der Waals surface area contributed by atoms with Crippen LogP contribution in [0.3, 0.4) is 0 Å². The van der Waals surface area contributed by atoms with E-state index in [-0.39, 0.29) is 12.5 Å². The van der Waals surface area contributed by atoms with Crippen molar-refractivity contribution in [2.75, 3.05) is 12.3 Å². The number of amides is 1. The molecule has 110 valence electrons. The number of carbonyl (C=O) groups is 1. The Morgan fingerprint density at radius 1 is 1.24 bits per heavy atom. The van der Waals surface area contributed by atoms with Crippen LogP contribution >= 0.6 is 0 Å². The average molecular weight is 286 g/mol. The number of hydrogen-bond acceptors (Lipinski definition) is 4. The number of nitrogen functional groups attached to an aromatic ring is 1. The zero-order chi connectivity index (χ0) is 15.2. The smallest absolute Gasteiger partial charge is 0.251 e. The Labute approximate surface area is 123 Å². The molecule has 2 rings (SSSR count). The summed E-state index contributed by atoms with van der Waals surface area (Å²) in [6.07, 6.45) is 0. The average Bonchev–Trinajstić information content (AvgIpc) is 2.50. The predicted octanol–water partition coefficient (Wildman–Crippen LogP) is 2.30. The van der Waals surface area contributed by atoms with Gasteiger partial charge >= 0.3 is 0 Å². The lowest BCUT2D eigenvalue weighted by Gasteiger charge is -2.11. The summed E-state index contributed by atoms with van der Waals surface area (Å²) in [6, 6.07) is 11.9. The number of hydrogen-bond donors (Lipinski definition) is 3. The van der Waals surface area contributed by atoms with Gasteiger partial charge in [0.1, 0.15) is 5.75 Å². The van der Waals surface area contributed by atoms with Gasteiger partial charge in [-0.2, -0.15) is 0 Å². The fraction of sp³-hybridized carbons (Fsp3) is 0.188. The van der Waals surface area contributed by atoms with E-state index >= 15 is 0 Å². The van der Waals surface area contributed by atoms with Gasteiger partial charge in [0, 0.05) is 12.1 Å². The van der Waals surface area contributed by atoms with Crippen LogP contribution in [0.5, 0.6) is 11.5 Å². The number of nitrogens with one attached hydrogen (secondary N) is 1. The van der Waals surface area contributed by atoms with Crippen LogP contribution in [0.25, 0.3) is 0 Å². The number of aliphatic hydroxyl groups excluding tert-OH is 1. The van der Waals surface area contributed by atoms with Gasteiger partial charge in [-0.15, -0.1) is 0 Å². The molecule has 2 aromatic rings. The molecule has 0 aliphatic rings. The Hall–Kier alpha value is -2.53. The summed E-state index contributed by atoms with van der Waals surface area (Å²) in [5.41, 5.74) is 7.61. The third kappa shape index (κ3) is 3.73. The second-order valence-corrected chi connectivity index (χ2v) is 4.52. The van der Waals surface area contributed by atoms with Crippen molar-refractivity contribution < 1.29 is 14.6 Å². The van der Waals surface area contributed by atoms with E-state index < -0.39 is 0 Å². The summed E-state index contributed by atoms with van der Waals surface area (Å²) in [4.78, 5) is 11.8. The molecule has 0 saturated carbocycles. The molecule has 0 heterocycles. The second kappa shape index (κ2) is 6.76. The van der Waals surface area contributed by atoms with Gasteiger partial charge in [-0.1, -0.05) is 12.1 Å². The summed E-state index contributed by atoms with van der Waals surface area (Å²) in [5, 5.41) is 11.7. The quantitative estimate of drug-likeness (QED) is 0.736. The molecule has 5 heteroatoms. The molecule has 2 aromatic carbocycles. The number of aliphatic hydroxyl groups is 1. The van der Waals surface area contributed by atoms with Gasteiger partial charge in [-0.3, -0.25) is 4.79 Å². The first-order valence-corrected chi connectivity index (χ1v) is 6.69. The van der Waals surface area contributed by atoms with Crippen molar-refractivity contribution in [2.24, 2.45) is 0 Å². The molecule has 4 N–H and O–H groups in total. The number of ether oxygens (including phenoxy) is 1. The topological polar surface area (TPSA) is 84.6 Å². The number of nitrogens with two attached hydrogens (primary N) is 1. The first kappa shape index (κ1) is 14.9. The molecule has 0 aliphatic carbocycles. The van der Waals surface area contributed by atoms with Crippen LogP contribution in [0, 0.1) is 0 Å². The molecule has 0 aromatic heterocycles. The first-order chi connectivity index (χ1) is 10.1. The van der Waals surface area contributed by atoms with Crippen LogP contribution in [-0.2, 0) is 6.61 Å². The van der Waals surface area contributed by atoms with E-state index in [1.54, 1.807) is 42.5 Å². The van der Waals surface area contributed by atoms with Gasteiger partial charge in [-0.25, -0.2) is 0 Å². The highest BCUT2D eigenvalue weighted by atomic mass is 16.5. The first-order valence-electron chi connectivity index (χ1n) is 6.69. The Balaban J connectivity index is 2.21. The summed E-state index contributed by atoms with van der Waals surface area (Å²) >= 11 is 0. The molecule has 0 fully saturated rings. The Bertz CT molecular complexity index is 624. The minimum Gasteiger partial charge on any atom is -0.455 e. The molecule has 0 radical (unpaired) electrons. The van der Waals surface area contributed by atoms with Crippen molar-refractivity contribution >= 4 is 11.6 Å². The molecule has 0 spiro atoms. The van der Waals surface area contributed by atoms with Gasteiger partial charge in [0.05, 0.1) is 12.3 Å². The zero-order valence-electron chi connectivity index (χ0n) is 11.8. The molecule has 0 atom stereocenters. The molecular formula is C16H18N2O3. The highest BCUT2D eigenvalue weighted by Gasteiger charge is 2.09. The minimum absolute atomic E-state index is 0.0188. The fourth-order valence-electron chi connectivity index (χ4n) is 1.82. The van der Waals surface area contributed by atoms with Crippen molar-refractivity contribution in [3.05, 3.63) is 53.6 Å². The Morgan fingerprint density at radius 3 is 2.57 bits per heavy atom. The molecule has 0 unspecified atom stereocenters. The largest absolute Gasteiger partial charge is 0.455 e. The van der Waals surface area contributed by atoms with Gasteiger partial charge in [0.25, 0.3) is 5.91 Å². The van der Waals surface area contributed by atoms with Crippen LogP contribution in [-0.4, -0.2) is 17.6 Å². The number of carbonyl (C=O) groups excluding carboxylic acids is 1. The van der Waals surface area contributed by atoms with Crippen LogP contribution in [0.2, 0.25) is 0 Å². The van der Waals surface area contributed by atoms with E-state index in [0.717, 1.165) is 5.56 Å². The SMILES string of the molecule is CCNC(=O)c1ccc(N)c(Oc2ccc(CO)cc2)c1. The lowest BCUT2D eigenvalue weighted by atomic mass is 10.1. The van der Waals surface area contributed by atoms with Crippen LogP contribution in [0.1, 0.15) is 22.8 Å². The second-order valence-electron chi connectivity index (χ2n) is 4.52. The van der Waals surface area contributed by atoms with Gasteiger partial charge < -0.3 is 20.9 Å². The third-order valence-corrected chi connectivity index (χ3v) is 2.95. The minimum atomic E-state index is -0.169. The number of anilines is 1. The molecule has 5 nitrogen and oxygen atoms in total. The molecule has 21 heavy (non-hydrogen) atoms. The van der Waals surface area contributed by atoms with Crippen molar-refractivity contribution in [1.82, 2.24) is 5.32 Å². The molecule has 0 bridgehead atoms. The third-order valence-electron chi connectivity index (χ3n) is 2.95. The maximum atomic E-state index is 11.8. The Morgan fingerprint density at radius 2 is 1.95 bits per heavy atom. The van der Waals surface area contributed by atoms with E-state index in [2.05, 4.69) is 5.32 Å². The fourth-order valence-corrected chi connectivity index (χ4v) is 1.82. The molecule has 0 aliphatic heterocycles.